The first-order valence-electron chi connectivity index (χ1n) is 8.07. The van der Waals surface area contributed by atoms with Crippen molar-refractivity contribution < 1.29 is 9.84 Å². The average Bonchev–Trinajstić information content (AvgIpc) is 3.06. The Morgan fingerprint density at radius 3 is 3.19 bits per heavy atom. The monoisotopic (exact) mass is 310 g/mol. The maximum Gasteiger partial charge on any atom is 0.107 e. The van der Waals surface area contributed by atoms with Crippen LogP contribution in [0.1, 0.15) is 41.8 Å². The number of nitrogens with one attached hydrogen (secondary N) is 1. The molecule has 0 spiro atoms. The molecule has 118 valence electrons. The number of hydrogen-bond acceptors (Lipinski definition) is 5. The van der Waals surface area contributed by atoms with Crippen molar-refractivity contribution in [2.24, 2.45) is 11.3 Å². The molecule has 2 heterocycles. The first-order chi connectivity index (χ1) is 10.2. The second-order valence-electron chi connectivity index (χ2n) is 6.71. The first-order valence-corrected chi connectivity index (χ1v) is 8.89. The van der Waals surface area contributed by atoms with Gasteiger partial charge < -0.3 is 15.2 Å². The van der Waals surface area contributed by atoms with E-state index in [0.29, 0.717) is 0 Å². The number of aliphatic hydroxyl groups excluding tert-OH is 1. The highest BCUT2D eigenvalue weighted by molar-refractivity contribution is 7.11. The molecule has 2 unspecified atom stereocenters. The summed E-state index contributed by atoms with van der Waals surface area (Å²) in [7, 11) is 0. The van der Waals surface area contributed by atoms with E-state index in [-0.39, 0.29) is 12.0 Å². The summed E-state index contributed by atoms with van der Waals surface area (Å²) in [6.45, 7) is 5.93. The highest BCUT2D eigenvalue weighted by Gasteiger charge is 2.34. The van der Waals surface area contributed by atoms with Gasteiger partial charge in [0.15, 0.2) is 0 Å². The van der Waals surface area contributed by atoms with Crippen molar-refractivity contribution in [2.45, 2.75) is 45.6 Å². The zero-order valence-corrected chi connectivity index (χ0v) is 13.7. The second-order valence-corrected chi connectivity index (χ2v) is 7.87. The predicted octanol–water partition coefficient (Wildman–Crippen LogP) is 2.15. The molecule has 2 aliphatic rings. The fourth-order valence-corrected chi connectivity index (χ4v) is 4.66. The Labute approximate surface area is 130 Å². The Morgan fingerprint density at radius 1 is 1.52 bits per heavy atom. The number of rotatable bonds is 6. The molecule has 1 saturated heterocycles. The van der Waals surface area contributed by atoms with Crippen LogP contribution in [0.4, 0.5) is 0 Å². The number of aryl methyl sites for hydroxylation is 1. The summed E-state index contributed by atoms with van der Waals surface area (Å²) in [6.07, 6.45) is 5.50. The van der Waals surface area contributed by atoms with Crippen LogP contribution in [0.15, 0.2) is 0 Å². The topological polar surface area (TPSA) is 54.4 Å². The molecule has 2 atom stereocenters. The zero-order chi connectivity index (χ0) is 14.7. The molecule has 3 rings (SSSR count). The van der Waals surface area contributed by atoms with E-state index in [2.05, 4.69) is 12.2 Å². The van der Waals surface area contributed by atoms with Crippen LogP contribution in [0.5, 0.6) is 0 Å². The standard InChI is InChI=1S/C16H26N2O2S/c1-12-2-3-13-14(8-12)21-15(18-13)9-17-10-16(4-6-19)5-7-20-11-16/h12,17,19H,2-11H2,1H3. The van der Waals surface area contributed by atoms with Crippen LogP contribution in [-0.2, 0) is 24.1 Å². The van der Waals surface area contributed by atoms with Crippen molar-refractivity contribution in [3.8, 4) is 0 Å². The van der Waals surface area contributed by atoms with Gasteiger partial charge in [0.05, 0.1) is 12.3 Å². The van der Waals surface area contributed by atoms with E-state index in [1.54, 1.807) is 0 Å². The third-order valence-corrected chi connectivity index (χ3v) is 5.95. The van der Waals surface area contributed by atoms with Crippen molar-refractivity contribution in [1.82, 2.24) is 10.3 Å². The summed E-state index contributed by atoms with van der Waals surface area (Å²) >= 11 is 1.88. The van der Waals surface area contributed by atoms with E-state index in [1.165, 1.54) is 28.4 Å². The maximum absolute atomic E-state index is 9.25. The van der Waals surface area contributed by atoms with Gasteiger partial charge in [-0.25, -0.2) is 4.98 Å². The van der Waals surface area contributed by atoms with Crippen LogP contribution in [0.3, 0.4) is 0 Å². The van der Waals surface area contributed by atoms with Gasteiger partial charge in [-0.05, 0) is 38.0 Å². The summed E-state index contributed by atoms with van der Waals surface area (Å²) in [5.41, 5.74) is 1.46. The molecule has 0 radical (unpaired) electrons. The van der Waals surface area contributed by atoms with Gasteiger partial charge >= 0.3 is 0 Å². The SMILES string of the molecule is CC1CCc2nc(CNCC3(CCO)CCOC3)sc2C1. The van der Waals surface area contributed by atoms with Gasteiger partial charge in [0, 0.05) is 36.6 Å². The second kappa shape index (κ2) is 6.73. The highest BCUT2D eigenvalue weighted by atomic mass is 32.1. The lowest BCUT2D eigenvalue weighted by molar-refractivity contribution is 0.124. The number of aromatic nitrogens is 1. The molecule has 0 amide bonds. The molecule has 1 aromatic rings. The summed E-state index contributed by atoms with van der Waals surface area (Å²) in [5.74, 6) is 0.808. The van der Waals surface area contributed by atoms with Crippen molar-refractivity contribution in [3.63, 3.8) is 0 Å². The lowest BCUT2D eigenvalue weighted by Gasteiger charge is -2.26. The Hall–Kier alpha value is -0.490. The van der Waals surface area contributed by atoms with E-state index >= 15 is 0 Å². The molecule has 1 aliphatic carbocycles. The van der Waals surface area contributed by atoms with Gasteiger partial charge in [0.1, 0.15) is 5.01 Å². The van der Waals surface area contributed by atoms with Gasteiger partial charge in [0.2, 0.25) is 0 Å². The van der Waals surface area contributed by atoms with Crippen LogP contribution in [0.25, 0.3) is 0 Å². The Bertz CT molecular complexity index is 469. The molecule has 2 N–H and O–H groups in total. The molecule has 1 aromatic heterocycles. The summed E-state index contributed by atoms with van der Waals surface area (Å²) in [6, 6.07) is 0. The van der Waals surface area contributed by atoms with Gasteiger partial charge in [-0.15, -0.1) is 11.3 Å². The summed E-state index contributed by atoms with van der Waals surface area (Å²) in [4.78, 5) is 6.29. The van der Waals surface area contributed by atoms with E-state index < -0.39 is 0 Å². The molecule has 0 saturated carbocycles. The number of aliphatic hydroxyl groups is 1. The van der Waals surface area contributed by atoms with Gasteiger partial charge in [-0.1, -0.05) is 6.92 Å². The van der Waals surface area contributed by atoms with Crippen LogP contribution in [-0.4, -0.2) is 36.5 Å². The van der Waals surface area contributed by atoms with E-state index in [1.807, 2.05) is 11.3 Å². The molecule has 0 bridgehead atoms. The number of ether oxygens (including phenoxy) is 1. The Balaban J connectivity index is 1.53. The largest absolute Gasteiger partial charge is 0.396 e. The van der Waals surface area contributed by atoms with Crippen LogP contribution in [0.2, 0.25) is 0 Å². The fourth-order valence-electron chi connectivity index (χ4n) is 3.42. The number of hydrogen-bond donors (Lipinski definition) is 2. The quantitative estimate of drug-likeness (QED) is 0.845. The van der Waals surface area contributed by atoms with Crippen molar-refractivity contribution in [3.05, 3.63) is 15.6 Å². The average molecular weight is 310 g/mol. The lowest BCUT2D eigenvalue weighted by atomic mass is 9.84. The molecular weight excluding hydrogens is 284 g/mol. The normalized spacial score (nSPS) is 28.8. The van der Waals surface area contributed by atoms with Gasteiger partial charge in [0.25, 0.3) is 0 Å². The Morgan fingerprint density at radius 2 is 2.43 bits per heavy atom. The minimum absolute atomic E-state index is 0.125. The third-order valence-electron chi connectivity index (χ3n) is 4.83. The number of nitrogens with zero attached hydrogens (tertiary/aromatic N) is 1. The van der Waals surface area contributed by atoms with E-state index in [4.69, 9.17) is 9.72 Å². The molecule has 0 aromatic carbocycles. The lowest BCUT2D eigenvalue weighted by Crippen LogP contribution is -2.35. The minimum atomic E-state index is 0.125. The minimum Gasteiger partial charge on any atom is -0.396 e. The van der Waals surface area contributed by atoms with Gasteiger partial charge in [-0.3, -0.25) is 0 Å². The van der Waals surface area contributed by atoms with Crippen LogP contribution >= 0.6 is 11.3 Å². The van der Waals surface area contributed by atoms with Gasteiger partial charge in [-0.2, -0.15) is 0 Å². The van der Waals surface area contributed by atoms with Crippen molar-refractivity contribution in [1.29, 1.82) is 0 Å². The molecule has 4 nitrogen and oxygen atoms in total. The predicted molar refractivity (Wildman–Crippen MR) is 84.6 cm³/mol. The van der Waals surface area contributed by atoms with E-state index in [0.717, 1.165) is 51.5 Å². The Kier molecular flexibility index (Phi) is 4.94. The molecule has 5 heteroatoms. The van der Waals surface area contributed by atoms with Crippen LogP contribution < -0.4 is 5.32 Å². The maximum atomic E-state index is 9.25. The molecule has 1 aliphatic heterocycles. The first kappa shape index (κ1) is 15.4. The smallest absolute Gasteiger partial charge is 0.107 e. The van der Waals surface area contributed by atoms with Crippen molar-refractivity contribution in [2.75, 3.05) is 26.4 Å². The summed E-state index contributed by atoms with van der Waals surface area (Å²) < 4.78 is 5.53. The van der Waals surface area contributed by atoms with Crippen molar-refractivity contribution >= 4 is 11.3 Å². The third kappa shape index (κ3) is 3.65. The fraction of sp³-hybridized carbons (Fsp3) is 0.812. The molecular formula is C16H26N2O2S. The zero-order valence-electron chi connectivity index (χ0n) is 12.9. The molecule has 1 fully saturated rings. The highest BCUT2D eigenvalue weighted by Crippen LogP contribution is 2.32. The molecule has 21 heavy (non-hydrogen) atoms. The van der Waals surface area contributed by atoms with Crippen LogP contribution in [0, 0.1) is 11.3 Å². The van der Waals surface area contributed by atoms with E-state index in [9.17, 15) is 5.11 Å². The number of fused-ring (bicyclic) bond motifs is 1. The number of thiazole rings is 1. The summed E-state index contributed by atoms with van der Waals surface area (Å²) in [5, 5.41) is 14.0.